The number of nitrogens with zero attached hydrogens (tertiary/aromatic N) is 2. The molecular weight excluding hydrogens is 274 g/mol. The summed E-state index contributed by atoms with van der Waals surface area (Å²) in [6, 6.07) is 12.0. The van der Waals surface area contributed by atoms with Crippen molar-refractivity contribution in [3.05, 3.63) is 42.1 Å². The molecule has 1 heterocycles. The Kier molecular flexibility index (Phi) is 5.75. The van der Waals surface area contributed by atoms with Crippen LogP contribution in [-0.4, -0.2) is 29.5 Å². The van der Waals surface area contributed by atoms with E-state index in [0.717, 1.165) is 36.0 Å². The first-order chi connectivity index (χ1) is 10.6. The number of benzene rings is 1. The van der Waals surface area contributed by atoms with E-state index in [9.17, 15) is 4.79 Å². The first-order valence-electron chi connectivity index (χ1n) is 7.93. The third kappa shape index (κ3) is 4.45. The number of carbonyl (C=O) groups is 1. The Balaban J connectivity index is 1.89. The Morgan fingerprint density at radius 3 is 2.82 bits per heavy atom. The largest absolute Gasteiger partial charge is 0.338 e. The second-order valence-corrected chi connectivity index (χ2v) is 5.89. The fourth-order valence-corrected chi connectivity index (χ4v) is 2.28. The minimum absolute atomic E-state index is 0.0433. The van der Waals surface area contributed by atoms with Gasteiger partial charge in [0.15, 0.2) is 0 Å². The van der Waals surface area contributed by atoms with Crippen molar-refractivity contribution in [3.8, 4) is 0 Å². The topological polar surface area (TPSA) is 45.2 Å². The number of urea groups is 1. The predicted molar refractivity (Wildman–Crippen MR) is 90.7 cm³/mol. The van der Waals surface area contributed by atoms with Crippen molar-refractivity contribution in [3.63, 3.8) is 0 Å². The number of amides is 2. The van der Waals surface area contributed by atoms with Crippen LogP contribution in [0.1, 0.15) is 32.4 Å². The highest BCUT2D eigenvalue weighted by Gasteiger charge is 2.10. The predicted octanol–water partition coefficient (Wildman–Crippen LogP) is 3.81. The molecule has 1 N–H and O–H groups in total. The number of pyridine rings is 1. The van der Waals surface area contributed by atoms with E-state index >= 15 is 0 Å². The third-order valence-electron chi connectivity index (χ3n) is 4.01. The van der Waals surface area contributed by atoms with Crippen LogP contribution in [0.5, 0.6) is 0 Å². The van der Waals surface area contributed by atoms with Crippen LogP contribution in [0.2, 0.25) is 0 Å². The fraction of sp³-hybridized carbons (Fsp3) is 0.444. The molecule has 4 nitrogen and oxygen atoms in total. The fourth-order valence-electron chi connectivity index (χ4n) is 2.28. The number of nitrogens with one attached hydrogen (secondary N) is 1. The molecule has 22 heavy (non-hydrogen) atoms. The van der Waals surface area contributed by atoms with Crippen LogP contribution in [0.3, 0.4) is 0 Å². The van der Waals surface area contributed by atoms with Crippen LogP contribution in [0.25, 0.3) is 10.9 Å². The molecule has 0 spiro atoms. The van der Waals surface area contributed by atoms with Gasteiger partial charge in [-0.2, -0.15) is 0 Å². The molecule has 0 saturated carbocycles. The SMILES string of the molecule is CCC(C)CCNC(=O)N(C)Cc1ccc2ccccc2n1. The van der Waals surface area contributed by atoms with E-state index in [4.69, 9.17) is 0 Å². The molecule has 0 radical (unpaired) electrons. The number of fused-ring (bicyclic) bond motifs is 1. The summed E-state index contributed by atoms with van der Waals surface area (Å²) in [7, 11) is 1.80. The van der Waals surface area contributed by atoms with Gasteiger partial charge >= 0.3 is 6.03 Å². The summed E-state index contributed by atoms with van der Waals surface area (Å²) < 4.78 is 0. The molecule has 0 aliphatic heterocycles. The molecule has 0 aliphatic rings. The highest BCUT2D eigenvalue weighted by atomic mass is 16.2. The summed E-state index contributed by atoms with van der Waals surface area (Å²) in [5.74, 6) is 0.646. The minimum Gasteiger partial charge on any atom is -0.338 e. The monoisotopic (exact) mass is 299 g/mol. The summed E-state index contributed by atoms with van der Waals surface area (Å²) in [4.78, 5) is 18.3. The smallest absolute Gasteiger partial charge is 0.317 e. The zero-order chi connectivity index (χ0) is 15.9. The van der Waals surface area contributed by atoms with Crippen molar-refractivity contribution in [2.45, 2.75) is 33.2 Å². The number of rotatable bonds is 6. The van der Waals surface area contributed by atoms with E-state index in [-0.39, 0.29) is 6.03 Å². The Bertz CT molecular complexity index is 627. The second-order valence-electron chi connectivity index (χ2n) is 5.89. The van der Waals surface area contributed by atoms with Crippen LogP contribution in [0, 0.1) is 5.92 Å². The van der Waals surface area contributed by atoms with Crippen LogP contribution in [0.15, 0.2) is 36.4 Å². The lowest BCUT2D eigenvalue weighted by Gasteiger charge is -2.18. The Morgan fingerprint density at radius 2 is 2.05 bits per heavy atom. The maximum absolute atomic E-state index is 12.1. The highest BCUT2D eigenvalue weighted by Crippen LogP contribution is 2.12. The van der Waals surface area contributed by atoms with E-state index in [1.807, 2.05) is 36.4 Å². The number of carbonyl (C=O) groups excluding carboxylic acids is 1. The van der Waals surface area contributed by atoms with Gasteiger partial charge in [0.2, 0.25) is 0 Å². The molecule has 1 aromatic heterocycles. The van der Waals surface area contributed by atoms with Crippen molar-refractivity contribution >= 4 is 16.9 Å². The maximum atomic E-state index is 12.1. The van der Waals surface area contributed by atoms with Crippen molar-refractivity contribution < 1.29 is 4.79 Å². The quantitative estimate of drug-likeness (QED) is 0.881. The Morgan fingerprint density at radius 1 is 1.27 bits per heavy atom. The summed E-state index contributed by atoms with van der Waals surface area (Å²) in [5.41, 5.74) is 1.86. The van der Waals surface area contributed by atoms with Crippen molar-refractivity contribution in [2.24, 2.45) is 5.92 Å². The van der Waals surface area contributed by atoms with Crippen molar-refractivity contribution in [1.29, 1.82) is 0 Å². The van der Waals surface area contributed by atoms with Gasteiger partial charge in [-0.15, -0.1) is 0 Å². The van der Waals surface area contributed by atoms with Gasteiger partial charge < -0.3 is 10.2 Å². The average Bonchev–Trinajstić information content (AvgIpc) is 2.54. The van der Waals surface area contributed by atoms with E-state index in [2.05, 4.69) is 24.1 Å². The molecule has 0 fully saturated rings. The van der Waals surface area contributed by atoms with Gasteiger partial charge in [-0.1, -0.05) is 44.5 Å². The number of hydrogen-bond acceptors (Lipinski definition) is 2. The van der Waals surface area contributed by atoms with Crippen molar-refractivity contribution in [2.75, 3.05) is 13.6 Å². The van der Waals surface area contributed by atoms with Crippen LogP contribution in [0.4, 0.5) is 4.79 Å². The van der Waals surface area contributed by atoms with Gasteiger partial charge in [0.1, 0.15) is 0 Å². The lowest BCUT2D eigenvalue weighted by atomic mass is 10.1. The molecule has 2 rings (SSSR count). The molecule has 0 saturated heterocycles. The molecule has 118 valence electrons. The summed E-state index contributed by atoms with van der Waals surface area (Å²) in [6.07, 6.45) is 2.16. The van der Waals surface area contributed by atoms with Crippen LogP contribution >= 0.6 is 0 Å². The lowest BCUT2D eigenvalue weighted by Crippen LogP contribution is -2.37. The lowest BCUT2D eigenvalue weighted by molar-refractivity contribution is 0.205. The Hall–Kier alpha value is -2.10. The summed E-state index contributed by atoms with van der Waals surface area (Å²) in [5, 5.41) is 4.08. The van der Waals surface area contributed by atoms with Gasteiger partial charge in [0, 0.05) is 19.0 Å². The average molecular weight is 299 g/mol. The van der Waals surface area contributed by atoms with E-state index in [1.165, 1.54) is 0 Å². The van der Waals surface area contributed by atoms with Crippen molar-refractivity contribution in [1.82, 2.24) is 15.2 Å². The molecule has 2 amide bonds. The molecule has 4 heteroatoms. The van der Waals surface area contributed by atoms with E-state index < -0.39 is 0 Å². The van der Waals surface area contributed by atoms with E-state index in [1.54, 1.807) is 11.9 Å². The number of para-hydroxylation sites is 1. The minimum atomic E-state index is -0.0433. The third-order valence-corrected chi connectivity index (χ3v) is 4.01. The Labute approximate surface area is 132 Å². The summed E-state index contributed by atoms with van der Waals surface area (Å²) >= 11 is 0. The van der Waals surface area contributed by atoms with Crippen LogP contribution in [-0.2, 0) is 6.54 Å². The summed E-state index contributed by atoms with van der Waals surface area (Å²) in [6.45, 7) is 5.61. The molecule has 1 atom stereocenters. The first kappa shape index (κ1) is 16.3. The molecule has 1 unspecified atom stereocenters. The standard InChI is InChI=1S/C18H25N3O/c1-4-14(2)11-12-19-18(22)21(3)13-16-10-9-15-7-5-6-8-17(15)20-16/h5-10,14H,4,11-13H2,1-3H3,(H,19,22). The molecule has 1 aromatic carbocycles. The number of hydrogen-bond donors (Lipinski definition) is 1. The first-order valence-corrected chi connectivity index (χ1v) is 7.93. The zero-order valence-corrected chi connectivity index (χ0v) is 13.7. The van der Waals surface area contributed by atoms with Gasteiger partial charge in [0.05, 0.1) is 17.8 Å². The van der Waals surface area contributed by atoms with Gasteiger partial charge in [-0.3, -0.25) is 4.98 Å². The molecular formula is C18H25N3O. The van der Waals surface area contributed by atoms with Crippen LogP contribution < -0.4 is 5.32 Å². The molecule has 2 aromatic rings. The maximum Gasteiger partial charge on any atom is 0.317 e. The van der Waals surface area contributed by atoms with Gasteiger partial charge in [-0.05, 0) is 24.5 Å². The zero-order valence-electron chi connectivity index (χ0n) is 13.7. The normalized spacial score (nSPS) is 12.1. The number of aromatic nitrogens is 1. The van der Waals surface area contributed by atoms with Gasteiger partial charge in [-0.25, -0.2) is 4.79 Å². The highest BCUT2D eigenvalue weighted by molar-refractivity contribution is 5.78. The van der Waals surface area contributed by atoms with E-state index in [0.29, 0.717) is 12.5 Å². The molecule has 0 bridgehead atoms. The molecule has 0 aliphatic carbocycles. The second kappa shape index (κ2) is 7.78. The van der Waals surface area contributed by atoms with Gasteiger partial charge in [0.25, 0.3) is 0 Å².